The zero-order valence-corrected chi connectivity index (χ0v) is 20.3. The van der Waals surface area contributed by atoms with Crippen molar-refractivity contribution in [2.75, 3.05) is 55.4 Å². The number of carbonyl (C=O) groups is 1. The van der Waals surface area contributed by atoms with Crippen LogP contribution in [0.2, 0.25) is 5.15 Å². The van der Waals surface area contributed by atoms with Gasteiger partial charge in [0.05, 0.1) is 37.7 Å². The molecule has 36 heavy (non-hydrogen) atoms. The lowest BCUT2D eigenvalue weighted by Crippen LogP contribution is -2.52. The first-order valence-electron chi connectivity index (χ1n) is 12.0. The van der Waals surface area contributed by atoms with Gasteiger partial charge in [-0.1, -0.05) is 11.6 Å². The molecule has 5 heterocycles. The maximum Gasteiger partial charge on any atom is 0.328 e. The average Bonchev–Trinajstić information content (AvgIpc) is 3.31. The summed E-state index contributed by atoms with van der Waals surface area (Å²) < 4.78 is 18.5. The molecule has 12 nitrogen and oxygen atoms in total. The van der Waals surface area contributed by atoms with Gasteiger partial charge in [0.1, 0.15) is 30.0 Å². The summed E-state index contributed by atoms with van der Waals surface area (Å²) in [4.78, 5) is 28.7. The molecule has 3 aromatic heterocycles. The Balaban J connectivity index is 1.11. The number of imidazole rings is 1. The number of anilines is 3. The molecule has 0 radical (unpaired) electrons. The highest BCUT2D eigenvalue weighted by atomic mass is 35.5. The Kier molecular flexibility index (Phi) is 6.15. The second kappa shape index (κ2) is 9.60. The van der Waals surface area contributed by atoms with Crippen molar-refractivity contribution in [3.8, 4) is 5.75 Å². The fourth-order valence-corrected chi connectivity index (χ4v) is 4.86. The van der Waals surface area contributed by atoms with E-state index < -0.39 is 0 Å². The van der Waals surface area contributed by atoms with E-state index >= 15 is 0 Å². The molecule has 13 heteroatoms. The minimum absolute atomic E-state index is 0.127. The highest BCUT2D eigenvalue weighted by Gasteiger charge is 2.34. The topological polar surface area (TPSA) is 142 Å². The molecule has 0 unspecified atom stereocenters. The van der Waals surface area contributed by atoms with E-state index in [9.17, 15) is 4.79 Å². The van der Waals surface area contributed by atoms with E-state index in [0.717, 1.165) is 37.4 Å². The minimum atomic E-state index is -0.340. The monoisotopic (exact) mass is 514 g/mol. The molecule has 6 rings (SSSR count). The Bertz CT molecular complexity index is 1290. The number of amides is 1. The van der Waals surface area contributed by atoms with Gasteiger partial charge in [-0.3, -0.25) is 0 Å². The Morgan fingerprint density at radius 1 is 1.25 bits per heavy atom. The number of ether oxygens (including phenoxy) is 3. The quantitative estimate of drug-likeness (QED) is 0.433. The summed E-state index contributed by atoms with van der Waals surface area (Å²) in [6.45, 7) is 4.33. The number of nitrogens with one attached hydrogen (secondary N) is 2. The fraction of sp³-hybridized carbons (Fsp3) is 0.478. The van der Waals surface area contributed by atoms with E-state index in [1.807, 2.05) is 12.1 Å². The van der Waals surface area contributed by atoms with Crippen molar-refractivity contribution in [1.29, 1.82) is 0 Å². The van der Waals surface area contributed by atoms with Gasteiger partial charge >= 0.3 is 6.03 Å². The van der Waals surface area contributed by atoms with Gasteiger partial charge in [0.2, 0.25) is 0 Å². The van der Waals surface area contributed by atoms with Crippen molar-refractivity contribution >= 4 is 46.0 Å². The largest absolute Gasteiger partial charge is 0.486 e. The molecule has 2 atom stereocenters. The smallest absolute Gasteiger partial charge is 0.328 e. The first-order chi connectivity index (χ1) is 17.6. The number of nitrogens with two attached hydrogens (primary N) is 1. The third-order valence-corrected chi connectivity index (χ3v) is 6.91. The summed E-state index contributed by atoms with van der Waals surface area (Å²) in [5.74, 6) is 1.29. The van der Waals surface area contributed by atoms with Crippen LogP contribution in [0, 0.1) is 0 Å². The Hall–Kier alpha value is -3.35. The molecular formula is C23H27ClN8O4. The molecule has 0 bridgehead atoms. The van der Waals surface area contributed by atoms with Crippen LogP contribution in [0.1, 0.15) is 18.5 Å². The van der Waals surface area contributed by atoms with Crippen LogP contribution in [-0.2, 0) is 16.1 Å². The zero-order chi connectivity index (χ0) is 24.6. The molecule has 2 aliphatic heterocycles. The van der Waals surface area contributed by atoms with Crippen molar-refractivity contribution in [3.63, 3.8) is 0 Å². The predicted octanol–water partition coefficient (Wildman–Crippen LogP) is 2.01. The van der Waals surface area contributed by atoms with Crippen LogP contribution in [0.4, 0.5) is 22.0 Å². The third-order valence-electron chi connectivity index (χ3n) is 6.65. The third kappa shape index (κ3) is 4.36. The summed E-state index contributed by atoms with van der Waals surface area (Å²) in [6, 6.07) is 3.22. The van der Waals surface area contributed by atoms with Crippen molar-refractivity contribution in [2.24, 2.45) is 0 Å². The van der Waals surface area contributed by atoms with Crippen LogP contribution in [0.3, 0.4) is 0 Å². The number of fused-ring (bicyclic) bond motifs is 3. The van der Waals surface area contributed by atoms with Gasteiger partial charge in [-0.2, -0.15) is 0 Å². The number of halogens is 1. The molecule has 1 saturated heterocycles. The number of nitrogens with zero attached hydrogens (tertiary/aromatic N) is 5. The normalized spacial score (nSPS) is 21.3. The van der Waals surface area contributed by atoms with Gasteiger partial charge in [-0.15, -0.1) is 0 Å². The van der Waals surface area contributed by atoms with Gasteiger partial charge in [-0.25, -0.2) is 24.3 Å². The summed E-state index contributed by atoms with van der Waals surface area (Å²) in [5.41, 5.74) is 9.07. The Morgan fingerprint density at radius 2 is 2.11 bits per heavy atom. The lowest BCUT2D eigenvalue weighted by atomic mass is 9.89. The number of rotatable bonds is 5. The molecule has 190 valence electrons. The van der Waals surface area contributed by atoms with E-state index in [-0.39, 0.29) is 23.3 Å². The van der Waals surface area contributed by atoms with Crippen molar-refractivity contribution in [3.05, 3.63) is 29.3 Å². The number of nitrogen functional groups attached to an aromatic ring is 1. The number of carbonyl (C=O) groups excluding carboxylic acids is 1. The van der Waals surface area contributed by atoms with Crippen molar-refractivity contribution in [2.45, 2.75) is 31.6 Å². The molecule has 1 amide bonds. The number of aromatic nitrogens is 4. The van der Waals surface area contributed by atoms with Gasteiger partial charge in [-0.05, 0) is 18.9 Å². The standard InChI is InChI=1S/C23H27ClN8O4/c24-21-20-18(26-3-6-35-20)19-22(30-21)32(12-27-19)23(33)29-15-1-2-16(15)36-11-14-9-13(25)10-17(28-14)31-4-7-34-8-5-31/h9-10,12,15-16,26H,1-8,11H2,(H2,25,28)(H,29,33)/t15-,16-/m1/s1. The summed E-state index contributed by atoms with van der Waals surface area (Å²) in [5, 5.41) is 6.45. The van der Waals surface area contributed by atoms with E-state index in [2.05, 4.69) is 25.5 Å². The van der Waals surface area contributed by atoms with Crippen LogP contribution >= 0.6 is 11.6 Å². The predicted molar refractivity (Wildman–Crippen MR) is 134 cm³/mol. The molecule has 3 aliphatic rings. The maximum absolute atomic E-state index is 13.1. The average molecular weight is 515 g/mol. The first kappa shape index (κ1) is 23.1. The summed E-state index contributed by atoms with van der Waals surface area (Å²) >= 11 is 6.30. The molecule has 4 N–H and O–H groups in total. The number of morpholine rings is 1. The number of pyridine rings is 2. The van der Waals surface area contributed by atoms with Crippen LogP contribution in [-0.4, -0.2) is 77.2 Å². The molecule has 3 aromatic rings. The molecule has 2 fully saturated rings. The molecule has 0 aromatic carbocycles. The van der Waals surface area contributed by atoms with Crippen LogP contribution < -0.4 is 26.0 Å². The van der Waals surface area contributed by atoms with E-state index in [1.54, 1.807) is 0 Å². The SMILES string of the molecule is Nc1cc(CO[C@@H]2CC[C@H]2NC(=O)n2cnc3c4c(c(Cl)nc32)OCCN4)nc(N2CCOCC2)c1. The van der Waals surface area contributed by atoms with E-state index in [0.29, 0.717) is 61.3 Å². The minimum Gasteiger partial charge on any atom is -0.486 e. The van der Waals surface area contributed by atoms with Gasteiger partial charge in [0.15, 0.2) is 16.5 Å². The molecule has 1 saturated carbocycles. The molecule has 1 aliphatic carbocycles. The lowest BCUT2D eigenvalue weighted by Gasteiger charge is -2.36. The van der Waals surface area contributed by atoms with Gasteiger partial charge < -0.3 is 35.5 Å². The first-order valence-corrected chi connectivity index (χ1v) is 12.4. The Morgan fingerprint density at radius 3 is 2.92 bits per heavy atom. The van der Waals surface area contributed by atoms with Crippen LogP contribution in [0.5, 0.6) is 5.75 Å². The van der Waals surface area contributed by atoms with Gasteiger partial charge in [0.25, 0.3) is 0 Å². The second-order valence-corrected chi connectivity index (χ2v) is 9.36. The highest BCUT2D eigenvalue weighted by molar-refractivity contribution is 6.32. The van der Waals surface area contributed by atoms with Gasteiger partial charge in [0, 0.05) is 31.4 Å². The van der Waals surface area contributed by atoms with Crippen LogP contribution in [0.15, 0.2) is 18.5 Å². The summed E-state index contributed by atoms with van der Waals surface area (Å²) in [6.07, 6.45) is 2.97. The zero-order valence-electron chi connectivity index (χ0n) is 19.6. The lowest BCUT2D eigenvalue weighted by molar-refractivity contribution is -0.0335. The Labute approximate surface area is 212 Å². The number of hydrogen-bond donors (Lipinski definition) is 3. The second-order valence-electron chi connectivity index (χ2n) is 9.00. The van der Waals surface area contributed by atoms with E-state index in [4.69, 9.17) is 36.5 Å². The summed E-state index contributed by atoms with van der Waals surface area (Å²) in [7, 11) is 0. The van der Waals surface area contributed by atoms with Crippen molar-refractivity contribution < 1.29 is 19.0 Å². The molecular weight excluding hydrogens is 488 g/mol. The van der Waals surface area contributed by atoms with E-state index in [1.165, 1.54) is 10.9 Å². The highest BCUT2D eigenvalue weighted by Crippen LogP contribution is 2.38. The number of hydrogen-bond acceptors (Lipinski definition) is 10. The maximum atomic E-state index is 13.1. The molecule has 0 spiro atoms. The van der Waals surface area contributed by atoms with Crippen molar-refractivity contribution in [1.82, 2.24) is 24.8 Å². The van der Waals surface area contributed by atoms with Crippen LogP contribution in [0.25, 0.3) is 11.2 Å². The fourth-order valence-electron chi connectivity index (χ4n) is 4.63.